The fourth-order valence-corrected chi connectivity index (χ4v) is 1.81. The average Bonchev–Trinajstić information content (AvgIpc) is 2.34. The quantitative estimate of drug-likeness (QED) is 0.530. The van der Waals surface area contributed by atoms with Gasteiger partial charge in [-0.3, -0.25) is 0 Å². The van der Waals surface area contributed by atoms with E-state index in [1.54, 1.807) is 11.3 Å². The van der Waals surface area contributed by atoms with Crippen LogP contribution in [0.4, 0.5) is 0 Å². The molecular formula is C11H10S. The van der Waals surface area contributed by atoms with Gasteiger partial charge in [0, 0.05) is 10.4 Å². The first-order valence-corrected chi connectivity index (χ1v) is 4.55. The van der Waals surface area contributed by atoms with Gasteiger partial charge in [-0.2, -0.15) is 0 Å². The molecule has 0 aliphatic heterocycles. The predicted octanol–water partition coefficient (Wildman–Crippen LogP) is 2.80. The van der Waals surface area contributed by atoms with Gasteiger partial charge in [-0.1, -0.05) is 11.8 Å². The molecule has 0 aromatic carbocycles. The van der Waals surface area contributed by atoms with Gasteiger partial charge in [0.2, 0.25) is 0 Å². The van der Waals surface area contributed by atoms with Crippen molar-refractivity contribution in [2.24, 2.45) is 0 Å². The highest BCUT2D eigenvalue weighted by Crippen LogP contribution is 2.19. The molecule has 0 nitrogen and oxygen atoms in total. The minimum absolute atomic E-state index is 1.10. The Bertz CT molecular complexity index is 388. The van der Waals surface area contributed by atoms with Crippen molar-refractivity contribution in [1.29, 1.82) is 0 Å². The first-order valence-electron chi connectivity index (χ1n) is 3.74. The largest absolute Gasteiger partial charge is 0.131 e. The Kier molecular flexibility index (Phi) is 2.97. The number of rotatable bonds is 0. The van der Waals surface area contributed by atoms with Gasteiger partial charge >= 0.3 is 0 Å². The monoisotopic (exact) mass is 174 g/mol. The van der Waals surface area contributed by atoms with Crippen LogP contribution in [0.3, 0.4) is 0 Å². The molecule has 0 atom stereocenters. The van der Waals surface area contributed by atoms with Crippen molar-refractivity contribution in [3.8, 4) is 23.7 Å². The molecule has 60 valence electrons. The van der Waals surface area contributed by atoms with Crippen LogP contribution in [-0.2, 0) is 0 Å². The molecule has 0 aliphatic rings. The Morgan fingerprint density at radius 1 is 1.17 bits per heavy atom. The lowest BCUT2D eigenvalue weighted by atomic mass is 10.2. The average molecular weight is 174 g/mol. The smallest absolute Gasteiger partial charge is 0.0783 e. The molecule has 0 amide bonds. The maximum absolute atomic E-state index is 3.05. The Morgan fingerprint density at radius 2 is 1.83 bits per heavy atom. The van der Waals surface area contributed by atoms with E-state index >= 15 is 0 Å². The van der Waals surface area contributed by atoms with Gasteiger partial charge < -0.3 is 0 Å². The zero-order valence-electron chi connectivity index (χ0n) is 7.49. The summed E-state index contributed by atoms with van der Waals surface area (Å²) in [4.78, 5) is 2.36. The molecule has 0 saturated heterocycles. The Balaban J connectivity index is 3.11. The second kappa shape index (κ2) is 4.00. The van der Waals surface area contributed by atoms with E-state index in [9.17, 15) is 0 Å². The fourth-order valence-electron chi connectivity index (χ4n) is 0.926. The standard InChI is InChI=1S/C11H10S/c1-4-6-10-8-11(7-5-2)12-9(10)3/h8H,1-3H3. The maximum atomic E-state index is 3.05. The first-order chi connectivity index (χ1) is 5.77. The molecule has 1 heteroatoms. The summed E-state index contributed by atoms with van der Waals surface area (Å²) >= 11 is 1.70. The van der Waals surface area contributed by atoms with Crippen LogP contribution >= 0.6 is 11.3 Å². The Morgan fingerprint density at radius 3 is 2.42 bits per heavy atom. The third kappa shape index (κ3) is 1.91. The summed E-state index contributed by atoms with van der Waals surface area (Å²) in [5.74, 6) is 11.8. The number of hydrogen-bond acceptors (Lipinski definition) is 1. The SMILES string of the molecule is CC#Cc1cc(C#CC)c(C)s1. The predicted molar refractivity (Wildman–Crippen MR) is 54.2 cm³/mol. The van der Waals surface area contributed by atoms with Crippen LogP contribution in [0.25, 0.3) is 0 Å². The fraction of sp³-hybridized carbons (Fsp3) is 0.273. The zero-order chi connectivity index (χ0) is 8.97. The number of aryl methyl sites for hydroxylation is 1. The second-order valence-electron chi connectivity index (χ2n) is 2.33. The molecule has 0 spiro atoms. The molecule has 0 radical (unpaired) electrons. The summed E-state index contributed by atoms with van der Waals surface area (Å²) in [6, 6.07) is 2.05. The molecule has 0 N–H and O–H groups in total. The van der Waals surface area contributed by atoms with Gasteiger partial charge in [-0.25, -0.2) is 0 Å². The minimum atomic E-state index is 1.10. The van der Waals surface area contributed by atoms with Crippen molar-refractivity contribution in [1.82, 2.24) is 0 Å². The third-order valence-electron chi connectivity index (χ3n) is 1.43. The van der Waals surface area contributed by atoms with Crippen LogP contribution in [0.2, 0.25) is 0 Å². The van der Waals surface area contributed by atoms with Gasteiger partial charge in [0.05, 0.1) is 4.88 Å². The van der Waals surface area contributed by atoms with Crippen molar-refractivity contribution in [2.45, 2.75) is 20.8 Å². The Labute approximate surface area is 77.6 Å². The maximum Gasteiger partial charge on any atom is 0.0783 e. The number of hydrogen-bond donors (Lipinski definition) is 0. The molecule has 0 saturated carbocycles. The van der Waals surface area contributed by atoms with Crippen molar-refractivity contribution in [3.05, 3.63) is 21.4 Å². The lowest BCUT2D eigenvalue weighted by Gasteiger charge is -1.80. The summed E-state index contributed by atoms with van der Waals surface area (Å²) in [7, 11) is 0. The van der Waals surface area contributed by atoms with Crippen LogP contribution in [0.1, 0.15) is 29.2 Å². The summed E-state index contributed by atoms with van der Waals surface area (Å²) in [6.07, 6.45) is 0. The van der Waals surface area contributed by atoms with Crippen molar-refractivity contribution in [3.63, 3.8) is 0 Å². The summed E-state index contributed by atoms with van der Waals surface area (Å²) < 4.78 is 0. The van der Waals surface area contributed by atoms with Gasteiger partial charge in [-0.15, -0.1) is 23.2 Å². The highest BCUT2D eigenvalue weighted by Gasteiger charge is 1.99. The van der Waals surface area contributed by atoms with Gasteiger partial charge in [-0.05, 0) is 26.8 Å². The molecule has 0 aliphatic carbocycles. The van der Waals surface area contributed by atoms with Gasteiger partial charge in [0.25, 0.3) is 0 Å². The molecule has 1 aromatic rings. The second-order valence-corrected chi connectivity index (χ2v) is 3.59. The molecule has 1 rings (SSSR count). The van der Waals surface area contributed by atoms with E-state index in [-0.39, 0.29) is 0 Å². The van der Waals surface area contributed by atoms with Crippen molar-refractivity contribution in [2.75, 3.05) is 0 Å². The molecule has 12 heavy (non-hydrogen) atoms. The van der Waals surface area contributed by atoms with Crippen LogP contribution in [-0.4, -0.2) is 0 Å². The molecule has 1 heterocycles. The highest BCUT2D eigenvalue weighted by atomic mass is 32.1. The molecule has 0 unspecified atom stereocenters. The number of thiophene rings is 1. The first kappa shape index (κ1) is 8.91. The summed E-state index contributed by atoms with van der Waals surface area (Å²) in [5.41, 5.74) is 1.11. The minimum Gasteiger partial charge on any atom is -0.131 e. The van der Waals surface area contributed by atoms with Crippen LogP contribution in [0.15, 0.2) is 6.07 Å². The summed E-state index contributed by atoms with van der Waals surface area (Å²) in [6.45, 7) is 5.77. The molecule has 0 bridgehead atoms. The lowest BCUT2D eigenvalue weighted by molar-refractivity contribution is 1.58. The topological polar surface area (TPSA) is 0 Å². The van der Waals surface area contributed by atoms with E-state index in [1.807, 2.05) is 19.9 Å². The van der Waals surface area contributed by atoms with Gasteiger partial charge in [0.1, 0.15) is 0 Å². The van der Waals surface area contributed by atoms with Gasteiger partial charge in [0.15, 0.2) is 0 Å². The summed E-state index contributed by atoms with van der Waals surface area (Å²) in [5, 5.41) is 0. The normalized spacial score (nSPS) is 7.92. The van der Waals surface area contributed by atoms with E-state index in [1.165, 1.54) is 4.88 Å². The van der Waals surface area contributed by atoms with E-state index in [0.717, 1.165) is 10.4 Å². The van der Waals surface area contributed by atoms with Crippen molar-refractivity contribution < 1.29 is 0 Å². The molecule has 1 aromatic heterocycles. The Hall–Kier alpha value is -1.18. The van der Waals surface area contributed by atoms with Crippen LogP contribution < -0.4 is 0 Å². The van der Waals surface area contributed by atoms with Crippen molar-refractivity contribution >= 4 is 11.3 Å². The third-order valence-corrected chi connectivity index (χ3v) is 2.39. The highest BCUT2D eigenvalue weighted by molar-refractivity contribution is 7.12. The van der Waals surface area contributed by atoms with E-state index in [2.05, 4.69) is 30.6 Å². The van der Waals surface area contributed by atoms with E-state index in [4.69, 9.17) is 0 Å². The van der Waals surface area contributed by atoms with E-state index < -0.39 is 0 Å². The molecule has 0 fully saturated rings. The lowest BCUT2D eigenvalue weighted by Crippen LogP contribution is -1.68. The zero-order valence-corrected chi connectivity index (χ0v) is 8.30. The molecular weight excluding hydrogens is 164 g/mol. The van der Waals surface area contributed by atoms with Crippen LogP contribution in [0.5, 0.6) is 0 Å². The van der Waals surface area contributed by atoms with Crippen LogP contribution in [0, 0.1) is 30.6 Å². The van der Waals surface area contributed by atoms with E-state index in [0.29, 0.717) is 0 Å².